The third-order valence-electron chi connectivity index (χ3n) is 1.83. The Hall–Kier alpha value is -1.72. The number of alkyl halides is 3. The molecule has 88 valence electrons. The second kappa shape index (κ2) is 4.42. The van der Waals surface area contributed by atoms with E-state index in [1.54, 1.807) is 6.92 Å². The van der Waals surface area contributed by atoms with Gasteiger partial charge in [0.05, 0.1) is 0 Å². The predicted molar refractivity (Wildman–Crippen MR) is 49.4 cm³/mol. The van der Waals surface area contributed by atoms with Gasteiger partial charge in [-0.25, -0.2) is 0 Å². The lowest BCUT2D eigenvalue weighted by Gasteiger charge is -2.10. The number of aromatic hydroxyl groups is 1. The number of phenolic OH excluding ortho intramolecular Hbond substituents is 1. The molecule has 0 aliphatic carbocycles. The van der Waals surface area contributed by atoms with Gasteiger partial charge in [-0.05, 0) is 18.2 Å². The van der Waals surface area contributed by atoms with Crippen molar-refractivity contribution in [3.63, 3.8) is 0 Å². The first-order valence-electron chi connectivity index (χ1n) is 4.45. The van der Waals surface area contributed by atoms with E-state index in [1.165, 1.54) is 6.07 Å². The molecule has 0 radical (unpaired) electrons. The second-order valence-corrected chi connectivity index (χ2v) is 3.01. The number of carbonyl (C=O) groups excluding carboxylic acids is 1. The second-order valence-electron chi connectivity index (χ2n) is 3.01. The molecule has 0 saturated heterocycles. The zero-order valence-electron chi connectivity index (χ0n) is 8.34. The van der Waals surface area contributed by atoms with Crippen molar-refractivity contribution in [3.8, 4) is 11.5 Å². The normalized spacial score (nSPS) is 11.2. The summed E-state index contributed by atoms with van der Waals surface area (Å²) in [6.07, 6.45) is -4.66. The van der Waals surface area contributed by atoms with Crippen LogP contribution in [0.1, 0.15) is 23.7 Å². The van der Waals surface area contributed by atoms with E-state index in [1.807, 2.05) is 0 Å². The van der Waals surface area contributed by atoms with Crippen LogP contribution in [0.5, 0.6) is 11.5 Å². The van der Waals surface area contributed by atoms with E-state index in [-0.39, 0.29) is 17.8 Å². The Morgan fingerprint density at radius 1 is 1.44 bits per heavy atom. The minimum absolute atomic E-state index is 0.148. The summed E-state index contributed by atoms with van der Waals surface area (Å²) in [5.74, 6) is -1.70. The number of benzene rings is 1. The van der Waals surface area contributed by atoms with Crippen LogP contribution in [0.15, 0.2) is 18.2 Å². The molecule has 0 amide bonds. The van der Waals surface area contributed by atoms with Crippen molar-refractivity contribution in [2.24, 2.45) is 0 Å². The van der Waals surface area contributed by atoms with Crippen LogP contribution in [-0.4, -0.2) is 17.3 Å². The number of carbonyl (C=O) groups is 1. The first-order chi connectivity index (χ1) is 7.33. The third kappa shape index (κ3) is 3.15. The molecule has 16 heavy (non-hydrogen) atoms. The van der Waals surface area contributed by atoms with E-state index in [2.05, 4.69) is 4.74 Å². The third-order valence-corrected chi connectivity index (χ3v) is 1.83. The van der Waals surface area contributed by atoms with E-state index in [9.17, 15) is 23.1 Å². The van der Waals surface area contributed by atoms with Crippen LogP contribution < -0.4 is 4.74 Å². The summed E-state index contributed by atoms with van der Waals surface area (Å²) in [4.78, 5) is 11.2. The Bertz CT molecular complexity index is 399. The molecule has 1 aromatic rings. The van der Waals surface area contributed by atoms with E-state index < -0.39 is 17.9 Å². The van der Waals surface area contributed by atoms with E-state index in [0.29, 0.717) is 0 Å². The number of Topliss-reactive ketones (excluding diaryl/α,β-unsaturated/α-hetero) is 1. The molecule has 0 spiro atoms. The van der Waals surface area contributed by atoms with E-state index >= 15 is 0 Å². The van der Waals surface area contributed by atoms with Crippen LogP contribution in [0, 0.1) is 0 Å². The maximum Gasteiger partial charge on any atom is 0.573 e. The minimum Gasteiger partial charge on any atom is -0.504 e. The van der Waals surface area contributed by atoms with Gasteiger partial charge in [-0.3, -0.25) is 4.79 Å². The summed E-state index contributed by atoms with van der Waals surface area (Å²) >= 11 is 0. The molecule has 0 aliphatic heterocycles. The fourth-order valence-electron chi connectivity index (χ4n) is 1.11. The van der Waals surface area contributed by atoms with Crippen molar-refractivity contribution in [1.82, 2.24) is 0 Å². The largest absolute Gasteiger partial charge is 0.573 e. The summed E-state index contributed by atoms with van der Waals surface area (Å²) in [7, 11) is 0. The fourth-order valence-corrected chi connectivity index (χ4v) is 1.11. The molecular formula is C10H9F3O3. The molecule has 0 aromatic heterocycles. The fraction of sp³-hybridized carbons (Fsp3) is 0.300. The molecule has 0 unspecified atom stereocenters. The lowest BCUT2D eigenvalue weighted by Crippen LogP contribution is -2.17. The van der Waals surface area contributed by atoms with Crippen molar-refractivity contribution in [2.45, 2.75) is 19.7 Å². The lowest BCUT2D eigenvalue weighted by atomic mass is 10.1. The zero-order valence-corrected chi connectivity index (χ0v) is 8.34. The molecule has 1 aromatic carbocycles. The summed E-state index contributed by atoms with van der Waals surface area (Å²) in [5.41, 5.74) is 0.148. The average Bonchev–Trinajstić information content (AvgIpc) is 2.18. The van der Waals surface area contributed by atoms with Crippen LogP contribution >= 0.6 is 0 Å². The first kappa shape index (κ1) is 12.4. The molecule has 0 saturated carbocycles. The number of ketones is 1. The molecule has 0 fully saturated rings. The van der Waals surface area contributed by atoms with Crippen LogP contribution in [0.25, 0.3) is 0 Å². The number of phenols is 1. The first-order valence-corrected chi connectivity index (χ1v) is 4.45. The summed E-state index contributed by atoms with van der Waals surface area (Å²) in [6, 6.07) is 3.03. The number of halogens is 3. The van der Waals surface area contributed by atoms with Crippen molar-refractivity contribution < 1.29 is 27.8 Å². The molecule has 0 bridgehead atoms. The lowest BCUT2D eigenvalue weighted by molar-refractivity contribution is -0.275. The molecule has 6 heteroatoms. The van der Waals surface area contributed by atoms with Gasteiger partial charge >= 0.3 is 6.36 Å². The maximum atomic E-state index is 11.8. The van der Waals surface area contributed by atoms with Crippen LogP contribution in [0.3, 0.4) is 0 Å². The van der Waals surface area contributed by atoms with Crippen molar-refractivity contribution in [2.75, 3.05) is 0 Å². The van der Waals surface area contributed by atoms with Gasteiger partial charge < -0.3 is 9.84 Å². The van der Waals surface area contributed by atoms with Gasteiger partial charge in [0.1, 0.15) is 0 Å². The summed E-state index contributed by atoms with van der Waals surface area (Å²) < 4.78 is 39.1. The Balaban J connectivity index is 2.96. The molecule has 3 nitrogen and oxygen atoms in total. The Morgan fingerprint density at radius 2 is 2.06 bits per heavy atom. The standard InChI is InChI=1S/C10H9F3O3/c1-2-7(14)6-3-4-9(8(15)5-6)16-10(11,12)13/h3-5,15H,2H2,1H3. The molecule has 0 heterocycles. The highest BCUT2D eigenvalue weighted by Gasteiger charge is 2.32. The smallest absolute Gasteiger partial charge is 0.504 e. The van der Waals surface area contributed by atoms with Crippen LogP contribution in [-0.2, 0) is 0 Å². The monoisotopic (exact) mass is 234 g/mol. The van der Waals surface area contributed by atoms with Gasteiger partial charge in [-0.1, -0.05) is 6.92 Å². The quantitative estimate of drug-likeness (QED) is 0.818. The molecular weight excluding hydrogens is 225 g/mol. The summed E-state index contributed by atoms with van der Waals surface area (Å²) in [6.45, 7) is 1.61. The van der Waals surface area contributed by atoms with Gasteiger partial charge in [-0.15, -0.1) is 13.2 Å². The minimum atomic E-state index is -4.87. The Labute approximate surface area is 89.5 Å². The van der Waals surface area contributed by atoms with E-state index in [4.69, 9.17) is 0 Å². The average molecular weight is 234 g/mol. The van der Waals surface area contributed by atoms with Crippen LogP contribution in [0.4, 0.5) is 13.2 Å². The molecule has 1 N–H and O–H groups in total. The number of hydrogen-bond donors (Lipinski definition) is 1. The Morgan fingerprint density at radius 3 is 2.50 bits per heavy atom. The highest BCUT2D eigenvalue weighted by molar-refractivity contribution is 5.96. The highest BCUT2D eigenvalue weighted by Crippen LogP contribution is 2.32. The van der Waals surface area contributed by atoms with Gasteiger partial charge in [0.2, 0.25) is 0 Å². The molecule has 0 atom stereocenters. The molecule has 0 aliphatic rings. The van der Waals surface area contributed by atoms with Gasteiger partial charge in [0.15, 0.2) is 17.3 Å². The number of rotatable bonds is 3. The van der Waals surface area contributed by atoms with Crippen molar-refractivity contribution in [3.05, 3.63) is 23.8 Å². The topological polar surface area (TPSA) is 46.5 Å². The summed E-state index contributed by atoms with van der Waals surface area (Å²) in [5, 5.41) is 9.22. The van der Waals surface area contributed by atoms with Crippen molar-refractivity contribution in [1.29, 1.82) is 0 Å². The number of hydrogen-bond acceptors (Lipinski definition) is 3. The molecule has 1 rings (SSSR count). The highest BCUT2D eigenvalue weighted by atomic mass is 19.4. The maximum absolute atomic E-state index is 11.8. The van der Waals surface area contributed by atoms with Crippen molar-refractivity contribution >= 4 is 5.78 Å². The van der Waals surface area contributed by atoms with E-state index in [0.717, 1.165) is 12.1 Å². The predicted octanol–water partition coefficient (Wildman–Crippen LogP) is 2.88. The van der Waals surface area contributed by atoms with Gasteiger partial charge in [0.25, 0.3) is 0 Å². The van der Waals surface area contributed by atoms with Gasteiger partial charge in [0, 0.05) is 12.0 Å². The SMILES string of the molecule is CCC(=O)c1ccc(OC(F)(F)F)c(O)c1. The van der Waals surface area contributed by atoms with Gasteiger partial charge in [-0.2, -0.15) is 0 Å². The zero-order chi connectivity index (χ0) is 12.3. The van der Waals surface area contributed by atoms with Crippen LogP contribution in [0.2, 0.25) is 0 Å². The number of ether oxygens (including phenoxy) is 1. The Kier molecular flexibility index (Phi) is 3.41.